The molecule has 1 saturated carbocycles. The zero-order valence-electron chi connectivity index (χ0n) is 18.0. The van der Waals surface area contributed by atoms with Gasteiger partial charge in [0.15, 0.2) is 17.1 Å². The Kier molecular flexibility index (Phi) is 4.23. The van der Waals surface area contributed by atoms with Crippen LogP contribution in [-0.4, -0.2) is 51.0 Å². The highest BCUT2D eigenvalue weighted by atomic mass is 16.3. The molecule has 3 aromatic rings. The Morgan fingerprint density at radius 3 is 2.87 bits per heavy atom. The highest BCUT2D eigenvalue weighted by Crippen LogP contribution is 2.48. The fraction of sp³-hybridized carbons (Fsp3) is 0.522. The standard InChI is InChI=1S/C23H27N5O3/c1-14-12-30-22(25-14)18-9-24-13-23(17-6-4-7-17)27(18)11-20(29)28(23)10-16-5-3-8-19-21(16)26-15(2)31-19/h3,5,8,12,17-18,24H,4,6-7,9-11,13H2,1-2H3/p+1. The van der Waals surface area contributed by atoms with Crippen molar-refractivity contribution in [3.8, 4) is 0 Å². The molecule has 6 rings (SSSR count). The average Bonchev–Trinajstić information content (AvgIpc) is 3.37. The zero-order valence-corrected chi connectivity index (χ0v) is 18.0. The summed E-state index contributed by atoms with van der Waals surface area (Å²) in [6, 6.07) is 5.99. The smallest absolute Gasteiger partial charge is 0.238 e. The first-order valence-electron chi connectivity index (χ1n) is 11.2. The number of carbonyl (C=O) groups excluding carboxylic acids is 1. The number of hydrogen-bond donors (Lipinski definition) is 1. The predicted molar refractivity (Wildman–Crippen MR) is 112 cm³/mol. The van der Waals surface area contributed by atoms with Gasteiger partial charge < -0.3 is 19.1 Å². The van der Waals surface area contributed by atoms with Crippen molar-refractivity contribution in [1.82, 2.24) is 19.8 Å². The number of piperazine rings is 1. The van der Waals surface area contributed by atoms with E-state index < -0.39 is 0 Å². The van der Waals surface area contributed by atoms with E-state index in [9.17, 15) is 4.79 Å². The molecule has 1 aliphatic carbocycles. The second kappa shape index (κ2) is 6.90. The van der Waals surface area contributed by atoms with Crippen molar-refractivity contribution in [3.05, 3.63) is 47.5 Å². The highest BCUT2D eigenvalue weighted by molar-refractivity contribution is 5.83. The monoisotopic (exact) mass is 422 g/mol. The van der Waals surface area contributed by atoms with E-state index in [1.807, 2.05) is 26.0 Å². The number of quaternary nitrogens is 1. The van der Waals surface area contributed by atoms with E-state index in [2.05, 4.69) is 31.2 Å². The molecule has 8 heteroatoms. The molecule has 4 heterocycles. The number of hydrogen-bond acceptors (Lipinski definition) is 6. The zero-order chi connectivity index (χ0) is 21.2. The van der Waals surface area contributed by atoms with Gasteiger partial charge in [-0.2, -0.15) is 0 Å². The maximum absolute atomic E-state index is 13.5. The van der Waals surface area contributed by atoms with Crippen LogP contribution in [0.4, 0.5) is 0 Å². The number of nitrogens with zero attached hydrogens (tertiary/aromatic N) is 4. The lowest BCUT2D eigenvalue weighted by molar-refractivity contribution is -0.689. The lowest BCUT2D eigenvalue weighted by Crippen LogP contribution is -2.96. The molecule has 3 fully saturated rings. The molecule has 2 saturated heterocycles. The molecule has 2 unspecified atom stereocenters. The fourth-order valence-electron chi connectivity index (χ4n) is 5.82. The van der Waals surface area contributed by atoms with Crippen molar-refractivity contribution in [1.29, 1.82) is 0 Å². The largest absolute Gasteiger partial charge is 0.447 e. The Hall–Kier alpha value is -2.71. The predicted octanol–water partition coefficient (Wildman–Crippen LogP) is 1.89. The van der Waals surface area contributed by atoms with E-state index in [-0.39, 0.29) is 17.6 Å². The maximum atomic E-state index is 13.5. The molecule has 1 aromatic carbocycles. The molecule has 0 radical (unpaired) electrons. The normalized spacial score (nSPS) is 27.1. The van der Waals surface area contributed by atoms with Gasteiger partial charge in [0.05, 0.1) is 18.8 Å². The number of oxazole rings is 2. The molecule has 1 amide bonds. The molecule has 2 atom stereocenters. The summed E-state index contributed by atoms with van der Waals surface area (Å²) < 4.78 is 11.5. The van der Waals surface area contributed by atoms with Crippen LogP contribution in [0.1, 0.15) is 48.3 Å². The summed E-state index contributed by atoms with van der Waals surface area (Å²) in [7, 11) is 0. The summed E-state index contributed by atoms with van der Waals surface area (Å²) in [5, 5.41) is 2.34. The third kappa shape index (κ3) is 2.78. The molecule has 0 bridgehead atoms. The van der Waals surface area contributed by atoms with Crippen LogP contribution < -0.4 is 5.32 Å². The van der Waals surface area contributed by atoms with E-state index in [0.29, 0.717) is 24.9 Å². The molecule has 0 spiro atoms. The number of aromatic nitrogens is 2. The molecule has 2 aromatic heterocycles. The van der Waals surface area contributed by atoms with E-state index in [1.54, 1.807) is 6.26 Å². The van der Waals surface area contributed by atoms with Gasteiger partial charge in [-0.05, 0) is 25.8 Å². The van der Waals surface area contributed by atoms with Gasteiger partial charge in [-0.15, -0.1) is 0 Å². The quantitative estimate of drug-likeness (QED) is 0.690. The first-order chi connectivity index (χ1) is 15.1. The number of carbonyl (C=O) groups is 1. The van der Waals surface area contributed by atoms with Crippen LogP contribution in [0.25, 0.3) is 11.1 Å². The molecular weight excluding hydrogens is 394 g/mol. The van der Waals surface area contributed by atoms with Crippen LogP contribution in [-0.2, 0) is 11.3 Å². The third-order valence-corrected chi connectivity index (χ3v) is 7.40. The topological polar surface area (TPSA) is 92.2 Å². The van der Waals surface area contributed by atoms with E-state index in [4.69, 9.17) is 8.83 Å². The van der Waals surface area contributed by atoms with E-state index in [0.717, 1.165) is 54.2 Å². The molecule has 8 nitrogen and oxygen atoms in total. The molecule has 2 N–H and O–H groups in total. The van der Waals surface area contributed by atoms with Gasteiger partial charge in [0, 0.05) is 18.4 Å². The van der Waals surface area contributed by atoms with Crippen LogP contribution in [0.2, 0.25) is 0 Å². The number of fused-ring (bicyclic) bond motifs is 2. The number of rotatable bonds is 4. The SMILES string of the molecule is Cc1coc(C2C[NH2+]CC3(C4CCC4)N(Cc4cccc5oc(C)nc45)C(=O)CN23)n1. The van der Waals surface area contributed by atoms with Gasteiger partial charge in [-0.1, -0.05) is 18.6 Å². The lowest BCUT2D eigenvalue weighted by atomic mass is 9.73. The third-order valence-electron chi connectivity index (χ3n) is 7.40. The summed E-state index contributed by atoms with van der Waals surface area (Å²) in [4.78, 5) is 27.2. The van der Waals surface area contributed by atoms with Gasteiger partial charge in [0.2, 0.25) is 11.8 Å². The van der Waals surface area contributed by atoms with E-state index >= 15 is 0 Å². The Balaban J connectivity index is 1.42. The maximum Gasteiger partial charge on any atom is 0.238 e. The first-order valence-corrected chi connectivity index (χ1v) is 11.2. The second-order valence-electron chi connectivity index (χ2n) is 9.18. The highest BCUT2D eigenvalue weighted by Gasteiger charge is 2.62. The number of aryl methyl sites for hydroxylation is 2. The minimum atomic E-state index is -0.318. The Morgan fingerprint density at radius 1 is 1.26 bits per heavy atom. The number of para-hydroxylation sites is 1. The first kappa shape index (κ1) is 19.0. The average molecular weight is 423 g/mol. The van der Waals surface area contributed by atoms with Crippen LogP contribution >= 0.6 is 0 Å². The molecule has 2 aliphatic heterocycles. The summed E-state index contributed by atoms with van der Waals surface area (Å²) in [6.07, 6.45) is 5.23. The van der Waals surface area contributed by atoms with Crippen molar-refractivity contribution >= 4 is 17.0 Å². The van der Waals surface area contributed by atoms with Crippen LogP contribution in [0.3, 0.4) is 0 Å². The van der Waals surface area contributed by atoms with Crippen LogP contribution in [0, 0.1) is 19.8 Å². The Morgan fingerprint density at radius 2 is 2.13 bits per heavy atom. The second-order valence-corrected chi connectivity index (χ2v) is 9.18. The Bertz CT molecular complexity index is 1150. The summed E-state index contributed by atoms with van der Waals surface area (Å²) in [5.41, 5.74) is 3.23. The molecular formula is C23H28N5O3+. The summed E-state index contributed by atoms with van der Waals surface area (Å²) >= 11 is 0. The number of amides is 1. The minimum Gasteiger partial charge on any atom is -0.447 e. The van der Waals surface area contributed by atoms with Crippen LogP contribution in [0.15, 0.2) is 33.3 Å². The number of nitrogens with two attached hydrogens (primary N) is 1. The molecule has 162 valence electrons. The van der Waals surface area contributed by atoms with Crippen molar-refractivity contribution in [3.63, 3.8) is 0 Å². The minimum absolute atomic E-state index is 0.00193. The van der Waals surface area contributed by atoms with Crippen molar-refractivity contribution in [2.75, 3.05) is 19.6 Å². The van der Waals surface area contributed by atoms with Crippen molar-refractivity contribution in [2.45, 2.75) is 51.4 Å². The summed E-state index contributed by atoms with van der Waals surface area (Å²) in [5.74, 6) is 2.01. The van der Waals surface area contributed by atoms with Gasteiger partial charge in [-0.25, -0.2) is 14.9 Å². The summed E-state index contributed by atoms with van der Waals surface area (Å²) in [6.45, 7) is 6.49. The van der Waals surface area contributed by atoms with Gasteiger partial charge in [-0.3, -0.25) is 4.79 Å². The molecule has 3 aliphatic rings. The molecule has 31 heavy (non-hydrogen) atoms. The lowest BCUT2D eigenvalue weighted by Gasteiger charge is -2.54. The Labute approximate surface area is 180 Å². The van der Waals surface area contributed by atoms with E-state index in [1.165, 1.54) is 6.42 Å². The van der Waals surface area contributed by atoms with Crippen LogP contribution in [0.5, 0.6) is 0 Å². The van der Waals surface area contributed by atoms with Crippen molar-refractivity contribution < 1.29 is 18.9 Å². The number of benzene rings is 1. The van der Waals surface area contributed by atoms with Gasteiger partial charge in [0.25, 0.3) is 0 Å². The fourth-order valence-corrected chi connectivity index (χ4v) is 5.82. The van der Waals surface area contributed by atoms with Gasteiger partial charge >= 0.3 is 0 Å². The van der Waals surface area contributed by atoms with Crippen molar-refractivity contribution in [2.24, 2.45) is 5.92 Å². The van der Waals surface area contributed by atoms with Gasteiger partial charge in [0.1, 0.15) is 30.9 Å².